The van der Waals surface area contributed by atoms with E-state index in [0.29, 0.717) is 6.10 Å². The number of aliphatic imine (C=N–C) groups is 1. The van der Waals surface area contributed by atoms with E-state index in [1.807, 2.05) is 7.05 Å². The average molecular weight is 326 g/mol. The van der Waals surface area contributed by atoms with Crippen LogP contribution >= 0.6 is 0 Å². The van der Waals surface area contributed by atoms with Crippen LogP contribution in [0.1, 0.15) is 38.5 Å². The molecule has 0 radical (unpaired) electrons. The lowest BCUT2D eigenvalue weighted by atomic mass is 9.98. The van der Waals surface area contributed by atoms with Crippen LogP contribution in [0.15, 0.2) is 4.99 Å². The van der Waals surface area contributed by atoms with E-state index in [4.69, 9.17) is 9.47 Å². The Kier molecular flexibility index (Phi) is 8.71. The van der Waals surface area contributed by atoms with Crippen molar-refractivity contribution in [3.05, 3.63) is 0 Å². The van der Waals surface area contributed by atoms with Gasteiger partial charge in [-0.2, -0.15) is 0 Å². The van der Waals surface area contributed by atoms with Crippen molar-refractivity contribution in [3.8, 4) is 0 Å². The minimum absolute atomic E-state index is 0.238. The molecule has 2 fully saturated rings. The first-order chi connectivity index (χ1) is 11.3. The first-order valence-electron chi connectivity index (χ1n) is 9.14. The standard InChI is InChI=1S/C17H34N4O2/c1-18-17(20-13-16-14-21(2)10-12-23-16)19-9-6-11-22-15-7-4-3-5-8-15/h15-16H,3-14H2,1-2H3,(H2,18,19,20). The molecule has 1 saturated heterocycles. The van der Waals surface area contributed by atoms with Crippen LogP contribution < -0.4 is 10.6 Å². The summed E-state index contributed by atoms with van der Waals surface area (Å²) in [5, 5.41) is 6.69. The highest BCUT2D eigenvalue weighted by Crippen LogP contribution is 2.20. The van der Waals surface area contributed by atoms with Crippen LogP contribution in [-0.2, 0) is 9.47 Å². The van der Waals surface area contributed by atoms with Crippen molar-refractivity contribution in [2.24, 2.45) is 4.99 Å². The van der Waals surface area contributed by atoms with E-state index in [2.05, 4.69) is 27.6 Å². The highest BCUT2D eigenvalue weighted by Gasteiger charge is 2.17. The van der Waals surface area contributed by atoms with Crippen LogP contribution in [0, 0.1) is 0 Å². The Morgan fingerprint density at radius 3 is 2.83 bits per heavy atom. The number of likely N-dealkylation sites (N-methyl/N-ethyl adjacent to an activating group) is 1. The molecule has 23 heavy (non-hydrogen) atoms. The number of rotatable bonds is 7. The van der Waals surface area contributed by atoms with Crippen LogP contribution in [0.5, 0.6) is 0 Å². The van der Waals surface area contributed by atoms with Gasteiger partial charge in [0.05, 0.1) is 18.8 Å². The Bertz CT molecular complexity index is 345. The predicted octanol–water partition coefficient (Wildman–Crippen LogP) is 1.22. The van der Waals surface area contributed by atoms with E-state index in [-0.39, 0.29) is 6.10 Å². The molecule has 6 heteroatoms. The SMILES string of the molecule is CN=C(NCCCOC1CCCCC1)NCC1CN(C)CCO1. The number of guanidine groups is 1. The first kappa shape index (κ1) is 18.5. The molecule has 2 aliphatic rings. The lowest BCUT2D eigenvalue weighted by Crippen LogP contribution is -2.48. The van der Waals surface area contributed by atoms with Crippen LogP contribution in [-0.4, -0.2) is 76.6 Å². The van der Waals surface area contributed by atoms with Gasteiger partial charge < -0.3 is 25.0 Å². The molecule has 0 aromatic rings. The number of nitrogens with zero attached hydrogens (tertiary/aromatic N) is 2. The molecule has 1 atom stereocenters. The third kappa shape index (κ3) is 7.50. The van der Waals surface area contributed by atoms with Gasteiger partial charge in [0.2, 0.25) is 0 Å². The lowest BCUT2D eigenvalue weighted by molar-refractivity contribution is -0.0161. The number of morpholine rings is 1. The fraction of sp³-hybridized carbons (Fsp3) is 0.941. The molecule has 2 N–H and O–H groups in total. The zero-order chi connectivity index (χ0) is 16.3. The highest BCUT2D eigenvalue weighted by molar-refractivity contribution is 5.79. The van der Waals surface area contributed by atoms with E-state index in [0.717, 1.165) is 51.8 Å². The quantitative estimate of drug-likeness (QED) is 0.418. The van der Waals surface area contributed by atoms with Gasteiger partial charge in [-0.05, 0) is 26.3 Å². The highest BCUT2D eigenvalue weighted by atomic mass is 16.5. The number of hydrogen-bond donors (Lipinski definition) is 2. The van der Waals surface area contributed by atoms with Crippen molar-refractivity contribution >= 4 is 5.96 Å². The number of nitrogens with one attached hydrogen (secondary N) is 2. The maximum absolute atomic E-state index is 5.94. The van der Waals surface area contributed by atoms with Gasteiger partial charge in [-0.1, -0.05) is 19.3 Å². The number of ether oxygens (including phenoxy) is 2. The lowest BCUT2D eigenvalue weighted by Gasteiger charge is -2.30. The van der Waals surface area contributed by atoms with Crippen molar-refractivity contribution in [1.82, 2.24) is 15.5 Å². The summed E-state index contributed by atoms with van der Waals surface area (Å²) < 4.78 is 11.7. The van der Waals surface area contributed by atoms with Crippen molar-refractivity contribution < 1.29 is 9.47 Å². The van der Waals surface area contributed by atoms with Gasteiger partial charge in [-0.15, -0.1) is 0 Å². The normalized spacial score (nSPS) is 24.6. The zero-order valence-corrected chi connectivity index (χ0v) is 14.9. The zero-order valence-electron chi connectivity index (χ0n) is 14.9. The molecule has 0 spiro atoms. The van der Waals surface area contributed by atoms with E-state index in [9.17, 15) is 0 Å². The summed E-state index contributed by atoms with van der Waals surface area (Å²) in [6.07, 6.45) is 8.28. The van der Waals surface area contributed by atoms with Gasteiger partial charge in [0.1, 0.15) is 0 Å². The molecule has 0 amide bonds. The fourth-order valence-electron chi connectivity index (χ4n) is 3.18. The first-order valence-corrected chi connectivity index (χ1v) is 9.14. The van der Waals surface area contributed by atoms with Crippen molar-refractivity contribution in [3.63, 3.8) is 0 Å². The van der Waals surface area contributed by atoms with Crippen molar-refractivity contribution in [2.45, 2.75) is 50.7 Å². The summed E-state index contributed by atoms with van der Waals surface area (Å²) in [5.74, 6) is 0.847. The molecular weight excluding hydrogens is 292 g/mol. The Balaban J connectivity index is 1.50. The Labute approximate surface area is 141 Å². The molecular formula is C17H34N4O2. The van der Waals surface area contributed by atoms with Crippen LogP contribution in [0.25, 0.3) is 0 Å². The van der Waals surface area contributed by atoms with E-state index in [1.165, 1.54) is 32.1 Å². The predicted molar refractivity (Wildman–Crippen MR) is 94.0 cm³/mol. The topological polar surface area (TPSA) is 58.1 Å². The monoisotopic (exact) mass is 326 g/mol. The molecule has 1 aliphatic carbocycles. The molecule has 1 aliphatic heterocycles. The summed E-state index contributed by atoms with van der Waals surface area (Å²) in [4.78, 5) is 6.56. The van der Waals surface area contributed by atoms with Crippen molar-refractivity contribution in [1.29, 1.82) is 0 Å². The minimum atomic E-state index is 0.238. The summed E-state index contributed by atoms with van der Waals surface area (Å²) in [7, 11) is 3.94. The summed E-state index contributed by atoms with van der Waals surface area (Å²) in [6, 6.07) is 0. The second kappa shape index (κ2) is 10.8. The maximum atomic E-state index is 5.94. The van der Waals surface area contributed by atoms with Gasteiger partial charge in [-0.3, -0.25) is 4.99 Å². The van der Waals surface area contributed by atoms with Gasteiger partial charge in [0.25, 0.3) is 0 Å². The number of hydrogen-bond acceptors (Lipinski definition) is 4. The Morgan fingerprint density at radius 1 is 1.26 bits per heavy atom. The van der Waals surface area contributed by atoms with Crippen molar-refractivity contribution in [2.75, 3.05) is 53.5 Å². The molecule has 2 rings (SSSR count). The smallest absolute Gasteiger partial charge is 0.191 e. The summed E-state index contributed by atoms with van der Waals surface area (Å²) >= 11 is 0. The molecule has 1 unspecified atom stereocenters. The minimum Gasteiger partial charge on any atom is -0.378 e. The molecule has 0 bridgehead atoms. The molecule has 1 saturated carbocycles. The van der Waals surface area contributed by atoms with E-state index >= 15 is 0 Å². The Hall–Kier alpha value is -0.850. The van der Waals surface area contributed by atoms with Crippen LogP contribution in [0.4, 0.5) is 0 Å². The van der Waals surface area contributed by atoms with Crippen LogP contribution in [0.3, 0.4) is 0 Å². The molecule has 134 valence electrons. The second-order valence-corrected chi connectivity index (χ2v) is 6.62. The van der Waals surface area contributed by atoms with Gasteiger partial charge >= 0.3 is 0 Å². The van der Waals surface area contributed by atoms with Crippen LogP contribution in [0.2, 0.25) is 0 Å². The van der Waals surface area contributed by atoms with E-state index in [1.54, 1.807) is 0 Å². The summed E-state index contributed by atoms with van der Waals surface area (Å²) in [5.41, 5.74) is 0. The Morgan fingerprint density at radius 2 is 2.09 bits per heavy atom. The third-order valence-electron chi connectivity index (χ3n) is 4.58. The van der Waals surface area contributed by atoms with Gasteiger partial charge in [-0.25, -0.2) is 0 Å². The summed E-state index contributed by atoms with van der Waals surface area (Å²) in [6.45, 7) is 5.32. The molecule has 0 aromatic carbocycles. The van der Waals surface area contributed by atoms with Gasteiger partial charge in [0.15, 0.2) is 5.96 Å². The maximum Gasteiger partial charge on any atom is 0.191 e. The molecule has 1 heterocycles. The largest absolute Gasteiger partial charge is 0.378 e. The third-order valence-corrected chi connectivity index (χ3v) is 4.58. The average Bonchev–Trinajstić information content (AvgIpc) is 2.58. The fourth-order valence-corrected chi connectivity index (χ4v) is 3.18. The second-order valence-electron chi connectivity index (χ2n) is 6.62. The van der Waals surface area contributed by atoms with Gasteiger partial charge in [0, 0.05) is 39.8 Å². The van der Waals surface area contributed by atoms with E-state index < -0.39 is 0 Å². The molecule has 6 nitrogen and oxygen atoms in total. The molecule has 0 aromatic heterocycles.